The summed E-state index contributed by atoms with van der Waals surface area (Å²) in [5, 5.41) is 0. The van der Waals surface area contributed by atoms with Crippen LogP contribution >= 0.6 is 0 Å². The minimum atomic E-state index is -0.933. The Balaban J connectivity index is 2.34. The highest BCUT2D eigenvalue weighted by Crippen LogP contribution is 2.37. The zero-order valence-corrected chi connectivity index (χ0v) is 11.2. The molecule has 0 amide bonds. The van der Waals surface area contributed by atoms with Crippen molar-refractivity contribution in [2.45, 2.75) is 38.2 Å². The fourth-order valence-corrected chi connectivity index (χ4v) is 2.94. The molecule has 2 unspecified atom stereocenters. The van der Waals surface area contributed by atoms with E-state index >= 15 is 0 Å². The first kappa shape index (κ1) is 14.1. The average Bonchev–Trinajstić information content (AvgIpc) is 2.36. The number of ether oxygens (including phenoxy) is 1. The van der Waals surface area contributed by atoms with Crippen molar-refractivity contribution in [3.05, 3.63) is 35.4 Å². The SMILES string of the molecule is COC1(C(=O)c2cc(F)cc(F)c2)CCCC(C)C1. The fraction of sp³-hybridized carbons (Fsp3) is 0.533. The molecule has 2 rings (SSSR count). The van der Waals surface area contributed by atoms with Gasteiger partial charge in [0.15, 0.2) is 5.78 Å². The Labute approximate surface area is 111 Å². The van der Waals surface area contributed by atoms with E-state index in [1.165, 1.54) is 7.11 Å². The Morgan fingerprint density at radius 2 is 1.95 bits per heavy atom. The maximum absolute atomic E-state index is 13.2. The van der Waals surface area contributed by atoms with Crippen molar-refractivity contribution in [3.8, 4) is 0 Å². The lowest BCUT2D eigenvalue weighted by atomic mass is 9.75. The number of hydrogen-bond donors (Lipinski definition) is 0. The molecule has 1 aliphatic rings. The predicted octanol–water partition coefficient (Wildman–Crippen LogP) is 3.74. The van der Waals surface area contributed by atoms with Gasteiger partial charge in [0.25, 0.3) is 0 Å². The van der Waals surface area contributed by atoms with E-state index in [0.717, 1.165) is 31.0 Å². The maximum Gasteiger partial charge on any atom is 0.194 e. The van der Waals surface area contributed by atoms with Crippen molar-refractivity contribution in [1.29, 1.82) is 0 Å². The molecule has 1 aromatic rings. The first-order chi connectivity index (χ1) is 8.97. The first-order valence-corrected chi connectivity index (χ1v) is 6.53. The molecule has 0 N–H and O–H groups in total. The molecular formula is C15H18F2O2. The Kier molecular flexibility index (Phi) is 3.99. The molecule has 0 saturated heterocycles. The molecule has 0 aromatic heterocycles. The molecule has 0 heterocycles. The minimum absolute atomic E-state index is 0.0495. The standard InChI is InChI=1S/C15H18F2O2/c1-10-4-3-5-15(9-10,19-2)14(18)11-6-12(16)8-13(17)7-11/h6-8,10H,3-5,9H2,1-2H3. The third kappa shape index (κ3) is 2.84. The van der Waals surface area contributed by atoms with Gasteiger partial charge in [-0.3, -0.25) is 4.79 Å². The third-order valence-electron chi connectivity index (χ3n) is 3.89. The molecule has 0 bridgehead atoms. The summed E-state index contributed by atoms with van der Waals surface area (Å²) in [5.74, 6) is -1.42. The van der Waals surface area contributed by atoms with Crippen molar-refractivity contribution in [3.63, 3.8) is 0 Å². The second kappa shape index (κ2) is 5.37. The Hall–Kier alpha value is -1.29. The van der Waals surface area contributed by atoms with Crippen molar-refractivity contribution >= 4 is 5.78 Å². The van der Waals surface area contributed by atoms with Crippen molar-refractivity contribution < 1.29 is 18.3 Å². The normalized spacial score (nSPS) is 27.3. The van der Waals surface area contributed by atoms with Crippen LogP contribution in [0, 0.1) is 17.6 Å². The van der Waals surface area contributed by atoms with Crippen LogP contribution < -0.4 is 0 Å². The van der Waals surface area contributed by atoms with Crippen molar-refractivity contribution in [2.24, 2.45) is 5.92 Å². The lowest BCUT2D eigenvalue weighted by molar-refractivity contribution is -0.0303. The number of benzene rings is 1. The average molecular weight is 268 g/mol. The zero-order valence-electron chi connectivity index (χ0n) is 11.2. The molecule has 1 aromatic carbocycles. The maximum atomic E-state index is 13.2. The van der Waals surface area contributed by atoms with Crippen LogP contribution in [0.4, 0.5) is 8.78 Å². The van der Waals surface area contributed by atoms with E-state index in [9.17, 15) is 13.6 Å². The van der Waals surface area contributed by atoms with Gasteiger partial charge in [-0.2, -0.15) is 0 Å². The van der Waals surface area contributed by atoms with E-state index in [4.69, 9.17) is 4.74 Å². The molecule has 2 atom stereocenters. The highest BCUT2D eigenvalue weighted by molar-refractivity contribution is 6.02. The summed E-state index contributed by atoms with van der Waals surface area (Å²) >= 11 is 0. The largest absolute Gasteiger partial charge is 0.370 e. The Bertz CT molecular complexity index is 467. The van der Waals surface area contributed by atoms with E-state index in [0.29, 0.717) is 18.8 Å². The first-order valence-electron chi connectivity index (χ1n) is 6.53. The van der Waals surface area contributed by atoms with E-state index in [1.807, 2.05) is 0 Å². The monoisotopic (exact) mass is 268 g/mol. The van der Waals surface area contributed by atoms with Crippen LogP contribution in [0.3, 0.4) is 0 Å². The predicted molar refractivity (Wildman–Crippen MR) is 68.1 cm³/mol. The van der Waals surface area contributed by atoms with Gasteiger partial charge in [0.05, 0.1) is 0 Å². The summed E-state index contributed by atoms with van der Waals surface area (Å²) in [5.41, 5.74) is -0.883. The van der Waals surface area contributed by atoms with E-state index in [1.54, 1.807) is 0 Å². The molecule has 104 valence electrons. The molecular weight excluding hydrogens is 250 g/mol. The minimum Gasteiger partial charge on any atom is -0.370 e. The van der Waals surface area contributed by atoms with Gasteiger partial charge in [0, 0.05) is 18.7 Å². The molecule has 1 fully saturated rings. The van der Waals surface area contributed by atoms with Gasteiger partial charge in [-0.1, -0.05) is 13.3 Å². The van der Waals surface area contributed by atoms with Crippen LogP contribution in [0.1, 0.15) is 43.0 Å². The number of Topliss-reactive ketones (excluding diaryl/α,β-unsaturated/α-hetero) is 1. The van der Waals surface area contributed by atoms with Crippen molar-refractivity contribution in [1.82, 2.24) is 0 Å². The van der Waals surface area contributed by atoms with Gasteiger partial charge in [-0.05, 0) is 37.3 Å². The number of halogens is 2. The quantitative estimate of drug-likeness (QED) is 0.780. The number of carbonyl (C=O) groups is 1. The molecule has 19 heavy (non-hydrogen) atoms. The third-order valence-corrected chi connectivity index (χ3v) is 3.89. The number of carbonyl (C=O) groups excluding carboxylic acids is 1. The van der Waals surface area contributed by atoms with Crippen LogP contribution in [0.2, 0.25) is 0 Å². The van der Waals surface area contributed by atoms with Crippen LogP contribution in [0.25, 0.3) is 0 Å². The van der Waals surface area contributed by atoms with Crippen LogP contribution in [-0.2, 0) is 4.74 Å². The summed E-state index contributed by atoms with van der Waals surface area (Å²) in [6.07, 6.45) is 3.14. The summed E-state index contributed by atoms with van der Waals surface area (Å²) < 4.78 is 31.9. The lowest BCUT2D eigenvalue weighted by Crippen LogP contribution is -2.44. The Morgan fingerprint density at radius 3 is 2.47 bits per heavy atom. The number of ketones is 1. The fourth-order valence-electron chi connectivity index (χ4n) is 2.94. The van der Waals surface area contributed by atoms with Gasteiger partial charge < -0.3 is 4.74 Å². The van der Waals surface area contributed by atoms with Crippen LogP contribution in [-0.4, -0.2) is 18.5 Å². The number of hydrogen-bond acceptors (Lipinski definition) is 2. The van der Waals surface area contributed by atoms with Gasteiger partial charge in [-0.25, -0.2) is 8.78 Å². The topological polar surface area (TPSA) is 26.3 Å². The lowest BCUT2D eigenvalue weighted by Gasteiger charge is -2.37. The van der Waals surface area contributed by atoms with Gasteiger partial charge in [0.1, 0.15) is 17.2 Å². The molecule has 1 aliphatic carbocycles. The molecule has 1 saturated carbocycles. The van der Waals surface area contributed by atoms with Gasteiger partial charge in [-0.15, -0.1) is 0 Å². The van der Waals surface area contributed by atoms with E-state index in [2.05, 4.69) is 6.92 Å². The molecule has 4 heteroatoms. The summed E-state index contributed by atoms with van der Waals surface area (Å²) in [6.45, 7) is 2.06. The van der Waals surface area contributed by atoms with Crippen LogP contribution in [0.5, 0.6) is 0 Å². The van der Waals surface area contributed by atoms with E-state index < -0.39 is 17.2 Å². The Morgan fingerprint density at radius 1 is 1.32 bits per heavy atom. The second-order valence-electron chi connectivity index (χ2n) is 5.39. The van der Waals surface area contributed by atoms with Crippen molar-refractivity contribution in [2.75, 3.05) is 7.11 Å². The summed E-state index contributed by atoms with van der Waals surface area (Å²) in [6, 6.07) is 2.91. The molecule has 0 radical (unpaired) electrons. The second-order valence-corrected chi connectivity index (χ2v) is 5.39. The zero-order chi connectivity index (χ0) is 14.0. The van der Waals surface area contributed by atoms with Crippen LogP contribution in [0.15, 0.2) is 18.2 Å². The van der Waals surface area contributed by atoms with Gasteiger partial charge >= 0.3 is 0 Å². The molecule has 0 spiro atoms. The smallest absolute Gasteiger partial charge is 0.194 e. The molecule has 2 nitrogen and oxygen atoms in total. The highest BCUT2D eigenvalue weighted by Gasteiger charge is 2.42. The summed E-state index contributed by atoms with van der Waals surface area (Å²) in [7, 11) is 1.49. The van der Waals surface area contributed by atoms with E-state index in [-0.39, 0.29) is 11.3 Å². The number of rotatable bonds is 3. The number of methoxy groups -OCH3 is 1. The van der Waals surface area contributed by atoms with Gasteiger partial charge in [0.2, 0.25) is 0 Å². The molecule has 0 aliphatic heterocycles. The highest BCUT2D eigenvalue weighted by atomic mass is 19.1. The summed E-state index contributed by atoms with van der Waals surface area (Å²) in [4.78, 5) is 12.5.